The molecule has 2 aromatic rings. The van der Waals surface area contributed by atoms with Gasteiger partial charge in [0.2, 0.25) is 0 Å². The van der Waals surface area contributed by atoms with Crippen molar-refractivity contribution in [2.24, 2.45) is 0 Å². The molecule has 0 fully saturated rings. The number of aryl methyl sites for hydroxylation is 2. The van der Waals surface area contributed by atoms with E-state index in [2.05, 4.69) is 62.4 Å². The van der Waals surface area contributed by atoms with Crippen LogP contribution in [0, 0.1) is 6.92 Å². The van der Waals surface area contributed by atoms with Crippen LogP contribution in [0.2, 0.25) is 0 Å². The van der Waals surface area contributed by atoms with Gasteiger partial charge in [0.25, 0.3) is 0 Å². The van der Waals surface area contributed by atoms with E-state index < -0.39 is 0 Å². The Bertz CT molecular complexity index is 596. The number of rotatable bonds is 12. The molecule has 0 amide bonds. The van der Waals surface area contributed by atoms with Gasteiger partial charge in [-0.2, -0.15) is 0 Å². The summed E-state index contributed by atoms with van der Waals surface area (Å²) in [5, 5.41) is 0. The molecule has 2 aromatic carbocycles. The summed E-state index contributed by atoms with van der Waals surface area (Å²) in [5.74, 6) is 0. The predicted molar refractivity (Wildman–Crippen MR) is 112 cm³/mol. The molecule has 136 valence electrons. The van der Waals surface area contributed by atoms with Gasteiger partial charge in [0.15, 0.2) is 0 Å². The van der Waals surface area contributed by atoms with Gasteiger partial charge in [0, 0.05) is 0 Å². The lowest BCUT2D eigenvalue weighted by molar-refractivity contribution is 0.556. The molecular formula is C25H36. The maximum Gasteiger partial charge on any atom is -0.0149 e. The number of unbranched alkanes of at least 4 members (excludes halogenated alkanes) is 9. The summed E-state index contributed by atoms with van der Waals surface area (Å²) in [6, 6.07) is 17.7. The van der Waals surface area contributed by atoms with Gasteiger partial charge >= 0.3 is 0 Å². The molecular weight excluding hydrogens is 300 g/mol. The van der Waals surface area contributed by atoms with E-state index in [9.17, 15) is 0 Å². The summed E-state index contributed by atoms with van der Waals surface area (Å²) in [7, 11) is 0. The Kier molecular flexibility index (Phi) is 9.41. The molecule has 0 heterocycles. The number of benzene rings is 2. The molecule has 0 nitrogen and oxygen atoms in total. The fourth-order valence-electron chi connectivity index (χ4n) is 3.68. The Balaban J connectivity index is 1.71. The van der Waals surface area contributed by atoms with Crippen LogP contribution in [-0.4, -0.2) is 0 Å². The van der Waals surface area contributed by atoms with Crippen molar-refractivity contribution in [3.05, 3.63) is 59.7 Å². The molecule has 0 N–H and O–H groups in total. The average molecular weight is 337 g/mol. The van der Waals surface area contributed by atoms with Gasteiger partial charge in [-0.3, -0.25) is 0 Å². The zero-order chi connectivity index (χ0) is 17.7. The number of hydrogen-bond acceptors (Lipinski definition) is 0. The molecule has 0 aliphatic heterocycles. The van der Waals surface area contributed by atoms with Crippen molar-refractivity contribution in [2.75, 3.05) is 0 Å². The fraction of sp³-hybridized carbons (Fsp3) is 0.520. The van der Waals surface area contributed by atoms with Gasteiger partial charge in [-0.1, -0.05) is 113 Å². The summed E-state index contributed by atoms with van der Waals surface area (Å²) in [4.78, 5) is 0. The standard InChI is InChI=1S/C25H36/c1-3-4-5-6-7-8-9-10-11-12-18-23-19-14-16-21-25(23)24-20-15-13-17-22(24)2/h13-17,19-21H,3-12,18H2,1-2H3. The highest BCUT2D eigenvalue weighted by molar-refractivity contribution is 5.70. The van der Waals surface area contributed by atoms with Crippen LogP contribution in [0.3, 0.4) is 0 Å². The van der Waals surface area contributed by atoms with Gasteiger partial charge in [0.1, 0.15) is 0 Å². The quantitative estimate of drug-likeness (QED) is 0.343. The first kappa shape index (κ1) is 19.8. The van der Waals surface area contributed by atoms with E-state index in [-0.39, 0.29) is 0 Å². The first-order valence-electron chi connectivity index (χ1n) is 10.5. The van der Waals surface area contributed by atoms with E-state index in [1.54, 1.807) is 0 Å². The molecule has 0 aliphatic rings. The lowest BCUT2D eigenvalue weighted by Gasteiger charge is -2.12. The maximum atomic E-state index is 2.31. The van der Waals surface area contributed by atoms with E-state index in [0.717, 1.165) is 0 Å². The molecule has 0 spiro atoms. The van der Waals surface area contributed by atoms with Gasteiger partial charge in [-0.15, -0.1) is 0 Å². The van der Waals surface area contributed by atoms with E-state index >= 15 is 0 Å². The zero-order valence-electron chi connectivity index (χ0n) is 16.4. The number of hydrogen-bond donors (Lipinski definition) is 0. The highest BCUT2D eigenvalue weighted by Crippen LogP contribution is 2.27. The van der Waals surface area contributed by atoms with Gasteiger partial charge in [-0.25, -0.2) is 0 Å². The van der Waals surface area contributed by atoms with Crippen molar-refractivity contribution < 1.29 is 0 Å². The molecule has 0 saturated heterocycles. The van der Waals surface area contributed by atoms with E-state index in [1.807, 2.05) is 0 Å². The highest BCUT2D eigenvalue weighted by Gasteiger charge is 2.06. The van der Waals surface area contributed by atoms with Crippen molar-refractivity contribution in [3.8, 4) is 11.1 Å². The Hall–Kier alpha value is -1.56. The van der Waals surface area contributed by atoms with Crippen LogP contribution in [-0.2, 0) is 6.42 Å². The van der Waals surface area contributed by atoms with Crippen molar-refractivity contribution in [3.63, 3.8) is 0 Å². The van der Waals surface area contributed by atoms with Crippen molar-refractivity contribution in [2.45, 2.75) is 84.5 Å². The van der Waals surface area contributed by atoms with Crippen molar-refractivity contribution >= 4 is 0 Å². The SMILES string of the molecule is CCCCCCCCCCCCc1ccccc1-c1ccccc1C. The molecule has 0 heteroatoms. The van der Waals surface area contributed by atoms with Crippen LogP contribution in [0.25, 0.3) is 11.1 Å². The minimum Gasteiger partial charge on any atom is -0.0654 e. The van der Waals surface area contributed by atoms with E-state index in [1.165, 1.54) is 92.9 Å². The minimum absolute atomic E-state index is 1.21. The third-order valence-corrected chi connectivity index (χ3v) is 5.25. The molecule has 0 saturated carbocycles. The average Bonchev–Trinajstić information content (AvgIpc) is 2.64. The molecule has 0 atom stereocenters. The second-order valence-electron chi connectivity index (χ2n) is 7.40. The third-order valence-electron chi connectivity index (χ3n) is 5.25. The van der Waals surface area contributed by atoms with Crippen LogP contribution in [0.1, 0.15) is 82.3 Å². The monoisotopic (exact) mass is 336 g/mol. The summed E-state index contributed by atoms with van der Waals surface area (Å²) in [6.07, 6.45) is 15.2. The first-order chi connectivity index (χ1) is 12.3. The highest BCUT2D eigenvalue weighted by atomic mass is 14.1. The fourth-order valence-corrected chi connectivity index (χ4v) is 3.68. The minimum atomic E-state index is 1.21. The topological polar surface area (TPSA) is 0 Å². The maximum absolute atomic E-state index is 2.31. The van der Waals surface area contributed by atoms with Gasteiger partial charge in [0.05, 0.1) is 0 Å². The lowest BCUT2D eigenvalue weighted by atomic mass is 9.93. The molecule has 25 heavy (non-hydrogen) atoms. The van der Waals surface area contributed by atoms with Crippen molar-refractivity contribution in [1.29, 1.82) is 0 Å². The molecule has 0 unspecified atom stereocenters. The smallest absolute Gasteiger partial charge is 0.0149 e. The molecule has 0 radical (unpaired) electrons. The predicted octanol–water partition coefficient (Wildman–Crippen LogP) is 8.13. The first-order valence-corrected chi connectivity index (χ1v) is 10.5. The normalized spacial score (nSPS) is 11.0. The lowest BCUT2D eigenvalue weighted by Crippen LogP contribution is -1.92. The van der Waals surface area contributed by atoms with E-state index in [4.69, 9.17) is 0 Å². The van der Waals surface area contributed by atoms with Crippen LogP contribution >= 0.6 is 0 Å². The largest absolute Gasteiger partial charge is 0.0654 e. The summed E-state index contributed by atoms with van der Waals surface area (Å²) < 4.78 is 0. The van der Waals surface area contributed by atoms with E-state index in [0.29, 0.717) is 0 Å². The van der Waals surface area contributed by atoms with Crippen LogP contribution in [0.15, 0.2) is 48.5 Å². The second-order valence-corrected chi connectivity index (χ2v) is 7.40. The van der Waals surface area contributed by atoms with Crippen molar-refractivity contribution in [1.82, 2.24) is 0 Å². The Morgan fingerprint density at radius 2 is 1.08 bits per heavy atom. The molecule has 0 aromatic heterocycles. The summed E-state index contributed by atoms with van der Waals surface area (Å²) >= 11 is 0. The van der Waals surface area contributed by atoms with Crippen LogP contribution < -0.4 is 0 Å². The van der Waals surface area contributed by atoms with Crippen LogP contribution in [0.5, 0.6) is 0 Å². The van der Waals surface area contributed by atoms with Crippen LogP contribution in [0.4, 0.5) is 0 Å². The zero-order valence-corrected chi connectivity index (χ0v) is 16.4. The Morgan fingerprint density at radius 3 is 1.72 bits per heavy atom. The molecule has 0 bridgehead atoms. The Morgan fingerprint density at radius 1 is 0.560 bits per heavy atom. The van der Waals surface area contributed by atoms with Gasteiger partial charge in [-0.05, 0) is 42.0 Å². The third kappa shape index (κ3) is 7.06. The summed E-state index contributed by atoms with van der Waals surface area (Å²) in [6.45, 7) is 4.50. The Labute approximate surface area is 155 Å². The molecule has 2 rings (SSSR count). The summed E-state index contributed by atoms with van der Waals surface area (Å²) in [5.41, 5.74) is 5.70. The second kappa shape index (κ2) is 11.9. The molecule has 0 aliphatic carbocycles. The van der Waals surface area contributed by atoms with Gasteiger partial charge < -0.3 is 0 Å².